The van der Waals surface area contributed by atoms with Gasteiger partial charge in [-0.25, -0.2) is 0 Å². The first-order chi connectivity index (χ1) is 14.5. The molecule has 2 rings (SSSR count). The summed E-state index contributed by atoms with van der Waals surface area (Å²) in [4.78, 5) is 12.3. The largest absolute Gasteiger partial charge is 0.493 e. The van der Waals surface area contributed by atoms with Crippen molar-refractivity contribution in [3.05, 3.63) is 53.6 Å². The second-order valence-electron chi connectivity index (χ2n) is 6.06. The number of nitrogens with zero attached hydrogens (tertiary/aromatic N) is 1. The Kier molecular flexibility index (Phi) is 8.46. The van der Waals surface area contributed by atoms with E-state index in [1.54, 1.807) is 18.2 Å². The van der Waals surface area contributed by atoms with Gasteiger partial charge in [-0.05, 0) is 41.8 Å². The smallest absolute Gasteiger partial charge is 0.387 e. The second-order valence-corrected chi connectivity index (χ2v) is 6.06. The number of terminal acetylenes is 1. The highest BCUT2D eigenvalue weighted by Crippen LogP contribution is 2.28. The highest BCUT2D eigenvalue weighted by Gasteiger charge is 2.15. The summed E-state index contributed by atoms with van der Waals surface area (Å²) in [6, 6.07) is 11.9. The summed E-state index contributed by atoms with van der Waals surface area (Å²) >= 11 is 0. The van der Waals surface area contributed by atoms with Crippen LogP contribution in [0.1, 0.15) is 23.6 Å². The Morgan fingerprint density at radius 1 is 1.20 bits per heavy atom. The summed E-state index contributed by atoms with van der Waals surface area (Å²) in [6.07, 6.45) is 5.73. The fraction of sp³-hybridized carbons (Fsp3) is 0.273. The second kappa shape index (κ2) is 11.3. The number of benzene rings is 2. The molecule has 0 aliphatic carbocycles. The van der Waals surface area contributed by atoms with Crippen molar-refractivity contribution in [3.63, 3.8) is 0 Å². The van der Waals surface area contributed by atoms with Gasteiger partial charge in [0.1, 0.15) is 18.4 Å². The number of ether oxygens (including phenoxy) is 3. The number of halogens is 2. The molecule has 0 saturated heterocycles. The number of carbonyl (C=O) groups is 1. The number of hydrogen-bond acceptors (Lipinski definition) is 5. The van der Waals surface area contributed by atoms with Crippen LogP contribution in [0.2, 0.25) is 0 Å². The molecule has 1 unspecified atom stereocenters. The maximum absolute atomic E-state index is 12.3. The van der Waals surface area contributed by atoms with Gasteiger partial charge in [0.05, 0.1) is 13.2 Å². The minimum atomic E-state index is -2.93. The molecular weight excluding hydrogens is 394 g/mol. The van der Waals surface area contributed by atoms with Crippen molar-refractivity contribution in [2.75, 3.05) is 13.7 Å². The van der Waals surface area contributed by atoms with Gasteiger partial charge in [-0.1, -0.05) is 24.1 Å². The first-order valence-corrected chi connectivity index (χ1v) is 8.93. The Labute approximate surface area is 173 Å². The molecule has 156 valence electrons. The first-order valence-electron chi connectivity index (χ1n) is 8.93. The standard InChI is InChI=1S/C22H20F2N2O4/c1-3-12-29-19-10-4-15(13-20(19)28-2)5-11-21(27)26-18(14-25)16-6-8-17(9-7-16)30-22(23)24/h1,4,6-10,13,18,22H,5,11-12H2,2H3,(H,26,27). The Hall–Kier alpha value is -3.78. The fourth-order valence-electron chi connectivity index (χ4n) is 2.63. The Balaban J connectivity index is 1.94. The zero-order valence-electron chi connectivity index (χ0n) is 16.2. The van der Waals surface area contributed by atoms with Gasteiger partial charge < -0.3 is 19.5 Å². The number of methoxy groups -OCH3 is 1. The van der Waals surface area contributed by atoms with Crippen molar-refractivity contribution in [1.29, 1.82) is 5.26 Å². The topological polar surface area (TPSA) is 80.6 Å². The SMILES string of the molecule is C#CCOc1ccc(CCC(=O)NC(C#N)c2ccc(OC(F)F)cc2)cc1OC. The maximum Gasteiger partial charge on any atom is 0.387 e. The molecular formula is C22H20F2N2O4. The van der Waals surface area contributed by atoms with E-state index in [4.69, 9.17) is 15.9 Å². The van der Waals surface area contributed by atoms with E-state index in [9.17, 15) is 18.8 Å². The third kappa shape index (κ3) is 6.68. The summed E-state index contributed by atoms with van der Waals surface area (Å²) in [7, 11) is 1.50. The molecule has 1 N–H and O–H groups in total. The molecule has 1 amide bonds. The average molecular weight is 414 g/mol. The summed E-state index contributed by atoms with van der Waals surface area (Å²) in [5.41, 5.74) is 1.31. The van der Waals surface area contributed by atoms with Gasteiger partial charge in [0.25, 0.3) is 0 Å². The van der Waals surface area contributed by atoms with Crippen LogP contribution in [-0.2, 0) is 11.2 Å². The van der Waals surface area contributed by atoms with Crippen LogP contribution in [0, 0.1) is 23.7 Å². The third-order valence-corrected chi connectivity index (χ3v) is 4.05. The molecule has 2 aromatic carbocycles. The lowest BCUT2D eigenvalue weighted by atomic mass is 10.1. The van der Waals surface area contributed by atoms with Gasteiger partial charge in [0.2, 0.25) is 5.91 Å². The normalized spacial score (nSPS) is 11.1. The molecule has 6 nitrogen and oxygen atoms in total. The van der Waals surface area contributed by atoms with Gasteiger partial charge in [0, 0.05) is 6.42 Å². The summed E-state index contributed by atoms with van der Waals surface area (Å²) < 4.78 is 39.3. The molecule has 1 atom stereocenters. The number of amides is 1. The lowest BCUT2D eigenvalue weighted by Crippen LogP contribution is -2.27. The van der Waals surface area contributed by atoms with E-state index in [-0.39, 0.29) is 24.7 Å². The fourth-order valence-corrected chi connectivity index (χ4v) is 2.63. The molecule has 0 bridgehead atoms. The van der Waals surface area contributed by atoms with Gasteiger partial charge in [0.15, 0.2) is 11.5 Å². The Morgan fingerprint density at radius 3 is 2.53 bits per heavy atom. The van der Waals surface area contributed by atoms with Crippen LogP contribution in [0.25, 0.3) is 0 Å². The first kappa shape index (κ1) is 22.5. The quantitative estimate of drug-likeness (QED) is 0.601. The highest BCUT2D eigenvalue weighted by molar-refractivity contribution is 5.77. The molecule has 2 aromatic rings. The van der Waals surface area contributed by atoms with Crippen LogP contribution in [0.4, 0.5) is 8.78 Å². The molecule has 0 fully saturated rings. The van der Waals surface area contributed by atoms with Gasteiger partial charge >= 0.3 is 6.61 Å². The summed E-state index contributed by atoms with van der Waals surface area (Å²) in [6.45, 7) is -2.82. The Bertz CT molecular complexity index is 934. The van der Waals surface area contributed by atoms with E-state index in [1.165, 1.54) is 31.4 Å². The molecule has 0 aliphatic heterocycles. The van der Waals surface area contributed by atoms with Crippen molar-refractivity contribution in [1.82, 2.24) is 5.32 Å². The van der Waals surface area contributed by atoms with Crippen LogP contribution >= 0.6 is 0 Å². The number of rotatable bonds is 10. The van der Waals surface area contributed by atoms with Gasteiger partial charge in [-0.3, -0.25) is 4.79 Å². The van der Waals surface area contributed by atoms with Crippen LogP contribution < -0.4 is 19.5 Å². The average Bonchev–Trinajstić information content (AvgIpc) is 2.75. The van der Waals surface area contributed by atoms with Gasteiger partial charge in [-0.2, -0.15) is 14.0 Å². The molecule has 0 saturated carbocycles. The molecule has 0 aliphatic rings. The summed E-state index contributed by atoms with van der Waals surface area (Å²) in [5, 5.41) is 12.0. The number of nitrogens with one attached hydrogen (secondary N) is 1. The van der Waals surface area contributed by atoms with E-state index in [0.717, 1.165) is 5.56 Å². The van der Waals surface area contributed by atoms with Gasteiger partial charge in [-0.15, -0.1) is 6.42 Å². The molecule has 30 heavy (non-hydrogen) atoms. The minimum absolute atomic E-state index is 0.0274. The maximum atomic E-state index is 12.3. The zero-order valence-corrected chi connectivity index (χ0v) is 16.2. The lowest BCUT2D eigenvalue weighted by Gasteiger charge is -2.13. The number of alkyl halides is 2. The van der Waals surface area contributed by atoms with Crippen LogP contribution in [0.5, 0.6) is 17.2 Å². The molecule has 0 spiro atoms. The number of carbonyl (C=O) groups excluding carboxylic acids is 1. The number of hydrogen-bond donors (Lipinski definition) is 1. The highest BCUT2D eigenvalue weighted by atomic mass is 19.3. The van der Waals surface area contributed by atoms with Crippen LogP contribution in [0.3, 0.4) is 0 Å². The van der Waals surface area contributed by atoms with Crippen molar-refractivity contribution in [2.45, 2.75) is 25.5 Å². The van der Waals surface area contributed by atoms with E-state index in [0.29, 0.717) is 23.5 Å². The predicted octanol–water partition coefficient (Wildman–Crippen LogP) is 3.62. The van der Waals surface area contributed by atoms with E-state index in [2.05, 4.69) is 16.0 Å². The van der Waals surface area contributed by atoms with Crippen LogP contribution in [0.15, 0.2) is 42.5 Å². The van der Waals surface area contributed by atoms with E-state index < -0.39 is 12.7 Å². The molecule has 0 heterocycles. The van der Waals surface area contributed by atoms with Crippen molar-refractivity contribution >= 4 is 5.91 Å². The minimum Gasteiger partial charge on any atom is -0.493 e. The monoisotopic (exact) mass is 414 g/mol. The Morgan fingerprint density at radius 2 is 1.93 bits per heavy atom. The molecule has 0 radical (unpaired) electrons. The molecule has 8 heteroatoms. The van der Waals surface area contributed by atoms with Crippen molar-refractivity contribution in [2.24, 2.45) is 0 Å². The molecule has 0 aromatic heterocycles. The number of aryl methyl sites for hydroxylation is 1. The number of nitriles is 1. The zero-order chi connectivity index (χ0) is 21.9. The van der Waals surface area contributed by atoms with E-state index in [1.807, 2.05) is 6.07 Å². The third-order valence-electron chi connectivity index (χ3n) is 4.05. The summed E-state index contributed by atoms with van der Waals surface area (Å²) in [5.74, 6) is 3.02. The lowest BCUT2D eigenvalue weighted by molar-refractivity contribution is -0.121. The van der Waals surface area contributed by atoms with E-state index >= 15 is 0 Å². The van der Waals surface area contributed by atoms with Crippen molar-refractivity contribution < 1.29 is 27.8 Å². The van der Waals surface area contributed by atoms with Crippen LogP contribution in [-0.4, -0.2) is 26.2 Å². The van der Waals surface area contributed by atoms with Crippen molar-refractivity contribution in [3.8, 4) is 35.7 Å². The predicted molar refractivity (Wildman–Crippen MR) is 105 cm³/mol.